The van der Waals surface area contributed by atoms with Crippen molar-refractivity contribution in [3.63, 3.8) is 0 Å². The van der Waals surface area contributed by atoms with Crippen molar-refractivity contribution >= 4 is 29.5 Å². The monoisotopic (exact) mass is 333 g/mol. The summed E-state index contributed by atoms with van der Waals surface area (Å²) < 4.78 is 10.4. The highest BCUT2D eigenvalue weighted by Crippen LogP contribution is 2.24. The first-order valence-corrected chi connectivity index (χ1v) is 7.23. The largest absolute Gasteiger partial charge is 0.497 e. The van der Waals surface area contributed by atoms with Gasteiger partial charge in [-0.05, 0) is 42.8 Å². The number of hydrogen-bond acceptors (Lipinski definition) is 4. The molecule has 2 rings (SSSR count). The van der Waals surface area contributed by atoms with Crippen LogP contribution in [-0.4, -0.2) is 25.9 Å². The Bertz CT molecular complexity index is 731. The molecule has 0 atom stereocenters. The number of halogens is 1. The van der Waals surface area contributed by atoms with Crippen LogP contribution < -0.4 is 14.8 Å². The van der Waals surface area contributed by atoms with Gasteiger partial charge in [-0.2, -0.15) is 0 Å². The number of aryl methyl sites for hydroxylation is 1. The van der Waals surface area contributed by atoms with Gasteiger partial charge in [-0.25, -0.2) is 0 Å². The predicted molar refractivity (Wildman–Crippen MR) is 88.7 cm³/mol. The molecule has 0 radical (unpaired) electrons. The van der Waals surface area contributed by atoms with E-state index < -0.39 is 0 Å². The van der Waals surface area contributed by atoms with Crippen molar-refractivity contribution < 1.29 is 19.1 Å². The smallest absolute Gasteiger partial charge is 0.262 e. The molecular formula is C17H16ClNO4. The molecule has 1 N–H and O–H groups in total. The first-order valence-electron chi connectivity index (χ1n) is 6.85. The number of rotatable bonds is 6. The lowest BCUT2D eigenvalue weighted by Gasteiger charge is -2.11. The molecule has 0 saturated heterocycles. The van der Waals surface area contributed by atoms with Crippen LogP contribution in [0.2, 0.25) is 5.02 Å². The van der Waals surface area contributed by atoms with Gasteiger partial charge in [-0.1, -0.05) is 17.7 Å². The highest BCUT2D eigenvalue weighted by Gasteiger charge is 2.10. The molecule has 0 heterocycles. The third kappa shape index (κ3) is 4.47. The van der Waals surface area contributed by atoms with E-state index in [0.717, 1.165) is 5.56 Å². The number of benzene rings is 2. The molecule has 0 saturated carbocycles. The first kappa shape index (κ1) is 16.8. The number of anilines is 1. The topological polar surface area (TPSA) is 64.6 Å². The Morgan fingerprint density at radius 3 is 2.70 bits per heavy atom. The zero-order valence-electron chi connectivity index (χ0n) is 12.8. The zero-order valence-corrected chi connectivity index (χ0v) is 13.5. The first-order chi connectivity index (χ1) is 11.0. The van der Waals surface area contributed by atoms with Crippen LogP contribution in [-0.2, 0) is 4.79 Å². The van der Waals surface area contributed by atoms with Crippen LogP contribution in [0.3, 0.4) is 0 Å². The van der Waals surface area contributed by atoms with Crippen LogP contribution >= 0.6 is 11.6 Å². The van der Waals surface area contributed by atoms with E-state index in [-0.39, 0.29) is 12.5 Å². The highest BCUT2D eigenvalue weighted by atomic mass is 35.5. The van der Waals surface area contributed by atoms with E-state index >= 15 is 0 Å². The average Bonchev–Trinajstić information content (AvgIpc) is 2.55. The number of nitrogens with one attached hydrogen (secondary N) is 1. The lowest BCUT2D eigenvalue weighted by atomic mass is 10.2. The van der Waals surface area contributed by atoms with Crippen molar-refractivity contribution in [2.75, 3.05) is 19.0 Å². The second-order valence-electron chi connectivity index (χ2n) is 4.84. The van der Waals surface area contributed by atoms with E-state index in [1.54, 1.807) is 24.3 Å². The molecule has 120 valence electrons. The summed E-state index contributed by atoms with van der Waals surface area (Å²) in [5.41, 5.74) is 1.82. The van der Waals surface area contributed by atoms with E-state index in [4.69, 9.17) is 21.1 Å². The van der Waals surface area contributed by atoms with Crippen LogP contribution in [0.4, 0.5) is 5.69 Å². The van der Waals surface area contributed by atoms with E-state index in [2.05, 4.69) is 5.32 Å². The molecule has 0 fully saturated rings. The molecule has 23 heavy (non-hydrogen) atoms. The molecule has 0 bridgehead atoms. The molecule has 5 nitrogen and oxygen atoms in total. The zero-order chi connectivity index (χ0) is 16.8. The minimum Gasteiger partial charge on any atom is -0.497 e. The van der Waals surface area contributed by atoms with Crippen molar-refractivity contribution in [3.8, 4) is 11.5 Å². The third-order valence-electron chi connectivity index (χ3n) is 3.10. The standard InChI is InChI=1S/C17H16ClNO4/c1-11-3-5-15(14(18)7-11)19-17(21)10-23-16-6-4-13(22-2)8-12(16)9-20/h3-9H,10H2,1-2H3,(H,19,21). The van der Waals surface area contributed by atoms with Gasteiger partial charge in [0.15, 0.2) is 12.9 Å². The minimum atomic E-state index is -0.372. The number of ether oxygens (including phenoxy) is 2. The van der Waals surface area contributed by atoms with Crippen LogP contribution in [0, 0.1) is 6.92 Å². The lowest BCUT2D eigenvalue weighted by Crippen LogP contribution is -2.20. The number of hydrogen-bond donors (Lipinski definition) is 1. The van der Waals surface area contributed by atoms with Crippen LogP contribution in [0.25, 0.3) is 0 Å². The van der Waals surface area contributed by atoms with Gasteiger partial charge >= 0.3 is 0 Å². The van der Waals surface area contributed by atoms with Gasteiger partial charge in [0.1, 0.15) is 11.5 Å². The number of carbonyl (C=O) groups is 2. The highest BCUT2D eigenvalue weighted by molar-refractivity contribution is 6.33. The van der Waals surface area contributed by atoms with Crippen LogP contribution in [0.15, 0.2) is 36.4 Å². The second kappa shape index (κ2) is 7.65. The maximum absolute atomic E-state index is 11.9. The summed E-state index contributed by atoms with van der Waals surface area (Å²) >= 11 is 6.06. The molecule has 0 unspecified atom stereocenters. The normalized spacial score (nSPS) is 10.0. The van der Waals surface area contributed by atoms with E-state index in [0.29, 0.717) is 34.1 Å². The Morgan fingerprint density at radius 1 is 1.26 bits per heavy atom. The van der Waals surface area contributed by atoms with Gasteiger partial charge in [0.05, 0.1) is 23.4 Å². The van der Waals surface area contributed by atoms with Crippen LogP contribution in [0.1, 0.15) is 15.9 Å². The average molecular weight is 334 g/mol. The molecule has 1 amide bonds. The number of amides is 1. The summed E-state index contributed by atoms with van der Waals surface area (Å²) in [4.78, 5) is 23.0. The Morgan fingerprint density at radius 2 is 2.04 bits per heavy atom. The number of methoxy groups -OCH3 is 1. The van der Waals surface area contributed by atoms with Crippen molar-refractivity contribution in [2.45, 2.75) is 6.92 Å². The molecule has 0 aliphatic rings. The molecule has 2 aromatic carbocycles. The van der Waals surface area contributed by atoms with Gasteiger partial charge in [0.2, 0.25) is 0 Å². The summed E-state index contributed by atoms with van der Waals surface area (Å²) in [6.07, 6.45) is 0.645. The number of carbonyl (C=O) groups excluding carboxylic acids is 2. The maximum Gasteiger partial charge on any atom is 0.262 e. The lowest BCUT2D eigenvalue weighted by molar-refractivity contribution is -0.118. The summed E-state index contributed by atoms with van der Waals surface area (Å²) in [6, 6.07) is 10.1. The third-order valence-corrected chi connectivity index (χ3v) is 3.41. The SMILES string of the molecule is COc1ccc(OCC(=O)Nc2ccc(C)cc2Cl)c(C=O)c1. The van der Waals surface area contributed by atoms with E-state index in [9.17, 15) is 9.59 Å². The quantitative estimate of drug-likeness (QED) is 0.822. The van der Waals surface area contributed by atoms with Crippen molar-refractivity contribution in [1.29, 1.82) is 0 Å². The maximum atomic E-state index is 11.9. The summed E-state index contributed by atoms with van der Waals surface area (Å²) in [6.45, 7) is 1.67. The number of aldehydes is 1. The van der Waals surface area contributed by atoms with Crippen molar-refractivity contribution in [2.24, 2.45) is 0 Å². The molecule has 0 aliphatic carbocycles. The minimum absolute atomic E-state index is 0.239. The fraction of sp³-hybridized carbons (Fsp3) is 0.176. The van der Waals surface area contributed by atoms with Crippen molar-refractivity contribution in [1.82, 2.24) is 0 Å². The summed E-state index contributed by atoms with van der Waals surface area (Å²) in [5, 5.41) is 3.11. The molecule has 0 aromatic heterocycles. The fourth-order valence-electron chi connectivity index (χ4n) is 1.93. The fourth-order valence-corrected chi connectivity index (χ4v) is 2.21. The summed E-state index contributed by atoms with van der Waals surface area (Å²) in [5.74, 6) is 0.477. The van der Waals surface area contributed by atoms with Gasteiger partial charge in [-0.15, -0.1) is 0 Å². The molecule has 0 spiro atoms. The van der Waals surface area contributed by atoms with Gasteiger partial charge < -0.3 is 14.8 Å². The predicted octanol–water partition coefficient (Wildman–Crippen LogP) is 3.49. The Kier molecular flexibility index (Phi) is 5.60. The van der Waals surface area contributed by atoms with Gasteiger partial charge in [0, 0.05) is 0 Å². The molecule has 0 aliphatic heterocycles. The summed E-state index contributed by atoms with van der Waals surface area (Å²) in [7, 11) is 1.50. The molecule has 2 aromatic rings. The van der Waals surface area contributed by atoms with E-state index in [1.165, 1.54) is 13.2 Å². The van der Waals surface area contributed by atoms with Crippen molar-refractivity contribution in [3.05, 3.63) is 52.5 Å². The molecule has 6 heteroatoms. The molecular weight excluding hydrogens is 318 g/mol. The van der Waals surface area contributed by atoms with Gasteiger partial charge in [-0.3, -0.25) is 9.59 Å². The Hall–Kier alpha value is -2.53. The van der Waals surface area contributed by atoms with E-state index in [1.807, 2.05) is 13.0 Å². The Labute approximate surface area is 139 Å². The Balaban J connectivity index is 2.00. The second-order valence-corrected chi connectivity index (χ2v) is 5.25. The van der Waals surface area contributed by atoms with Gasteiger partial charge in [0.25, 0.3) is 5.91 Å². The van der Waals surface area contributed by atoms with Crippen LogP contribution in [0.5, 0.6) is 11.5 Å².